The fraction of sp³-hybridized carbons (Fsp3) is 0.636. The molecule has 3 N–H and O–H groups in total. The van der Waals surface area contributed by atoms with Gasteiger partial charge in [-0.25, -0.2) is 0 Å². The van der Waals surface area contributed by atoms with Crippen LogP contribution in [-0.2, 0) is 0 Å². The molecule has 0 atom stereocenters. The first kappa shape index (κ1) is 11.1. The van der Waals surface area contributed by atoms with Crippen molar-refractivity contribution in [2.24, 2.45) is 0 Å². The fourth-order valence-electron chi connectivity index (χ4n) is 2.05. The molecule has 2 rings (SSSR count). The van der Waals surface area contributed by atoms with Gasteiger partial charge in [-0.1, -0.05) is 0 Å². The SMILES string of the molecule is CCNC(=O)c1cc(C2CCNCC2)[nH]n1. The van der Waals surface area contributed by atoms with E-state index in [4.69, 9.17) is 0 Å². The Morgan fingerprint density at radius 3 is 3.00 bits per heavy atom. The van der Waals surface area contributed by atoms with Gasteiger partial charge in [0, 0.05) is 18.2 Å². The normalized spacial score (nSPS) is 17.3. The van der Waals surface area contributed by atoms with Crippen molar-refractivity contribution < 1.29 is 4.79 Å². The molecule has 16 heavy (non-hydrogen) atoms. The van der Waals surface area contributed by atoms with Gasteiger partial charge in [-0.3, -0.25) is 9.89 Å². The zero-order chi connectivity index (χ0) is 11.4. The van der Waals surface area contributed by atoms with Crippen LogP contribution >= 0.6 is 0 Å². The van der Waals surface area contributed by atoms with Gasteiger partial charge in [0.15, 0.2) is 0 Å². The van der Waals surface area contributed by atoms with Gasteiger partial charge in [0.2, 0.25) is 0 Å². The number of piperidine rings is 1. The summed E-state index contributed by atoms with van der Waals surface area (Å²) in [4.78, 5) is 11.5. The van der Waals surface area contributed by atoms with E-state index in [2.05, 4.69) is 20.8 Å². The predicted octanol–water partition coefficient (Wildman–Crippen LogP) is 0.626. The molecule has 0 radical (unpaired) electrons. The van der Waals surface area contributed by atoms with Crippen LogP contribution in [-0.4, -0.2) is 35.7 Å². The minimum absolute atomic E-state index is 0.0982. The number of nitrogens with one attached hydrogen (secondary N) is 3. The summed E-state index contributed by atoms with van der Waals surface area (Å²) in [6, 6.07) is 1.88. The van der Waals surface area contributed by atoms with E-state index in [-0.39, 0.29) is 5.91 Å². The van der Waals surface area contributed by atoms with Gasteiger partial charge in [0.1, 0.15) is 5.69 Å². The molecule has 1 fully saturated rings. The van der Waals surface area contributed by atoms with Crippen molar-refractivity contribution >= 4 is 5.91 Å². The highest BCUT2D eigenvalue weighted by Gasteiger charge is 2.18. The third kappa shape index (κ3) is 2.41. The summed E-state index contributed by atoms with van der Waals surface area (Å²) in [5, 5.41) is 13.1. The lowest BCUT2D eigenvalue weighted by Crippen LogP contribution is -2.26. The molecule has 0 aromatic carbocycles. The van der Waals surface area contributed by atoms with E-state index < -0.39 is 0 Å². The molecular weight excluding hydrogens is 204 g/mol. The van der Waals surface area contributed by atoms with Gasteiger partial charge >= 0.3 is 0 Å². The minimum Gasteiger partial charge on any atom is -0.351 e. The van der Waals surface area contributed by atoms with Crippen LogP contribution in [0.4, 0.5) is 0 Å². The average Bonchev–Trinajstić information content (AvgIpc) is 2.80. The van der Waals surface area contributed by atoms with Crippen molar-refractivity contribution in [1.29, 1.82) is 0 Å². The van der Waals surface area contributed by atoms with Crippen molar-refractivity contribution in [3.05, 3.63) is 17.5 Å². The van der Waals surface area contributed by atoms with E-state index in [0.29, 0.717) is 18.2 Å². The number of aromatic nitrogens is 2. The molecule has 0 unspecified atom stereocenters. The molecule has 1 aromatic rings. The van der Waals surface area contributed by atoms with E-state index in [0.717, 1.165) is 31.6 Å². The number of amides is 1. The number of aromatic amines is 1. The maximum atomic E-state index is 11.5. The number of H-pyrrole nitrogens is 1. The standard InChI is InChI=1S/C11H18N4O/c1-2-13-11(16)10-7-9(14-15-10)8-3-5-12-6-4-8/h7-8,12H,2-6H2,1H3,(H,13,16)(H,14,15). The molecule has 1 aliphatic heterocycles. The average molecular weight is 222 g/mol. The summed E-state index contributed by atoms with van der Waals surface area (Å²) < 4.78 is 0. The first-order valence-electron chi connectivity index (χ1n) is 5.85. The Balaban J connectivity index is 2.03. The second-order valence-corrected chi connectivity index (χ2v) is 4.09. The number of carbonyl (C=O) groups excluding carboxylic acids is 1. The molecule has 1 saturated heterocycles. The summed E-state index contributed by atoms with van der Waals surface area (Å²) in [5.74, 6) is 0.413. The highest BCUT2D eigenvalue weighted by atomic mass is 16.1. The van der Waals surface area contributed by atoms with E-state index in [1.165, 1.54) is 0 Å². The van der Waals surface area contributed by atoms with Crippen LogP contribution in [0.1, 0.15) is 41.9 Å². The lowest BCUT2D eigenvalue weighted by Gasteiger charge is -2.20. The fourth-order valence-corrected chi connectivity index (χ4v) is 2.05. The van der Waals surface area contributed by atoms with Crippen molar-refractivity contribution in [2.45, 2.75) is 25.7 Å². The lowest BCUT2D eigenvalue weighted by molar-refractivity contribution is 0.0951. The van der Waals surface area contributed by atoms with Crippen LogP contribution in [0.25, 0.3) is 0 Å². The summed E-state index contributed by atoms with van der Waals surface area (Å²) in [7, 11) is 0. The quantitative estimate of drug-likeness (QED) is 0.702. The molecule has 1 amide bonds. The molecule has 0 saturated carbocycles. The zero-order valence-electron chi connectivity index (χ0n) is 9.55. The van der Waals surface area contributed by atoms with Crippen molar-refractivity contribution in [2.75, 3.05) is 19.6 Å². The Hall–Kier alpha value is -1.36. The minimum atomic E-state index is -0.0982. The van der Waals surface area contributed by atoms with Crippen molar-refractivity contribution in [1.82, 2.24) is 20.8 Å². The van der Waals surface area contributed by atoms with Crippen LogP contribution < -0.4 is 10.6 Å². The second kappa shape index (κ2) is 5.12. The molecule has 0 bridgehead atoms. The van der Waals surface area contributed by atoms with Crippen LogP contribution in [0, 0.1) is 0 Å². The number of hydrogen-bond acceptors (Lipinski definition) is 3. The largest absolute Gasteiger partial charge is 0.351 e. The van der Waals surface area contributed by atoms with Crippen LogP contribution in [0.3, 0.4) is 0 Å². The molecule has 5 heteroatoms. The smallest absolute Gasteiger partial charge is 0.271 e. The van der Waals surface area contributed by atoms with Crippen LogP contribution in [0.5, 0.6) is 0 Å². The van der Waals surface area contributed by atoms with E-state index in [9.17, 15) is 4.79 Å². The van der Waals surface area contributed by atoms with E-state index in [1.807, 2.05) is 13.0 Å². The molecule has 5 nitrogen and oxygen atoms in total. The maximum absolute atomic E-state index is 11.5. The lowest BCUT2D eigenvalue weighted by atomic mass is 9.94. The molecule has 0 aliphatic carbocycles. The first-order chi connectivity index (χ1) is 7.81. The van der Waals surface area contributed by atoms with E-state index in [1.54, 1.807) is 0 Å². The molecule has 1 aromatic heterocycles. The molecular formula is C11H18N4O. The summed E-state index contributed by atoms with van der Waals surface area (Å²) >= 11 is 0. The zero-order valence-corrected chi connectivity index (χ0v) is 9.55. The Labute approximate surface area is 95.0 Å². The van der Waals surface area contributed by atoms with Gasteiger partial charge in [-0.15, -0.1) is 0 Å². The number of hydrogen-bond donors (Lipinski definition) is 3. The first-order valence-corrected chi connectivity index (χ1v) is 5.85. The monoisotopic (exact) mass is 222 g/mol. The summed E-state index contributed by atoms with van der Waals surface area (Å²) in [6.07, 6.45) is 2.22. The van der Waals surface area contributed by atoms with Crippen LogP contribution in [0.2, 0.25) is 0 Å². The Morgan fingerprint density at radius 1 is 1.56 bits per heavy atom. The molecule has 0 spiro atoms. The third-order valence-electron chi connectivity index (χ3n) is 2.95. The van der Waals surface area contributed by atoms with Gasteiger partial charge in [-0.05, 0) is 38.9 Å². The summed E-state index contributed by atoms with van der Waals surface area (Å²) in [6.45, 7) is 4.62. The highest BCUT2D eigenvalue weighted by Crippen LogP contribution is 2.23. The highest BCUT2D eigenvalue weighted by molar-refractivity contribution is 5.92. The van der Waals surface area contributed by atoms with Crippen molar-refractivity contribution in [3.63, 3.8) is 0 Å². The number of rotatable bonds is 3. The molecule has 2 heterocycles. The predicted molar refractivity (Wildman–Crippen MR) is 61.4 cm³/mol. The van der Waals surface area contributed by atoms with Gasteiger partial charge in [0.25, 0.3) is 5.91 Å². The Bertz CT molecular complexity index is 355. The second-order valence-electron chi connectivity index (χ2n) is 4.09. The topological polar surface area (TPSA) is 69.8 Å². The maximum Gasteiger partial charge on any atom is 0.271 e. The van der Waals surface area contributed by atoms with Crippen molar-refractivity contribution in [3.8, 4) is 0 Å². The molecule has 1 aliphatic rings. The van der Waals surface area contributed by atoms with Gasteiger partial charge in [-0.2, -0.15) is 5.10 Å². The molecule has 88 valence electrons. The van der Waals surface area contributed by atoms with Crippen LogP contribution in [0.15, 0.2) is 6.07 Å². The summed E-state index contributed by atoms with van der Waals surface area (Å²) in [5.41, 5.74) is 1.58. The third-order valence-corrected chi connectivity index (χ3v) is 2.95. The Kier molecular flexibility index (Phi) is 3.56. The van der Waals surface area contributed by atoms with Gasteiger partial charge in [0.05, 0.1) is 0 Å². The number of nitrogens with zero attached hydrogens (tertiary/aromatic N) is 1. The number of carbonyl (C=O) groups is 1. The van der Waals surface area contributed by atoms with Gasteiger partial charge < -0.3 is 10.6 Å². The Morgan fingerprint density at radius 2 is 2.31 bits per heavy atom. The van der Waals surface area contributed by atoms with E-state index >= 15 is 0 Å².